The van der Waals surface area contributed by atoms with E-state index < -0.39 is 0 Å². The van der Waals surface area contributed by atoms with E-state index >= 15 is 0 Å². The number of carbonyl (C=O) groups excluding carboxylic acids is 2. The second-order valence-corrected chi connectivity index (χ2v) is 8.40. The summed E-state index contributed by atoms with van der Waals surface area (Å²) in [5.74, 6) is 0.238. The number of para-hydroxylation sites is 1. The van der Waals surface area contributed by atoms with Crippen LogP contribution in [0.1, 0.15) is 30.2 Å². The lowest BCUT2D eigenvalue weighted by molar-refractivity contribution is -0.119. The maximum Gasteiger partial charge on any atom is 0.173 e. The molecule has 1 N–H and O–H groups in total. The Hall–Kier alpha value is -4.00. The lowest BCUT2D eigenvalue weighted by Crippen LogP contribution is -2.29. The zero-order chi connectivity index (χ0) is 22.0. The first-order valence-corrected chi connectivity index (χ1v) is 10.7. The quantitative estimate of drug-likeness (QED) is 0.304. The highest BCUT2D eigenvalue weighted by Gasteiger charge is 2.36. The number of imidazole rings is 1. The fourth-order valence-corrected chi connectivity index (χ4v) is 5.02. The lowest BCUT2D eigenvalue weighted by Gasteiger charge is -2.21. The summed E-state index contributed by atoms with van der Waals surface area (Å²) in [6.07, 6.45) is 5.44. The molecule has 0 fully saturated rings. The standard InChI is InChI=1S/C25H21N5O2/c1-15(26)28-9-10-29-14-18(17-6-4-5-16(13-28)25(17)29)23-20(31)11-21(32)24(23)19-12-27-22-7-2-3-8-30(19)22/h2-8,12,14,26H,9-11,13H2,1H3. The summed E-state index contributed by atoms with van der Waals surface area (Å²) in [4.78, 5) is 32.6. The largest absolute Gasteiger partial charge is 0.355 e. The first-order valence-electron chi connectivity index (χ1n) is 10.7. The number of nitrogens with zero attached hydrogens (tertiary/aromatic N) is 4. The Balaban J connectivity index is 1.61. The number of Topliss-reactive ketones (excluding diaryl/α,β-unsaturated/α-hetero) is 2. The normalized spacial score (nSPS) is 16.5. The van der Waals surface area contributed by atoms with Crippen molar-refractivity contribution in [2.75, 3.05) is 6.54 Å². The summed E-state index contributed by atoms with van der Waals surface area (Å²) in [7, 11) is 0. The Morgan fingerprint density at radius 2 is 1.88 bits per heavy atom. The number of ketones is 2. The monoisotopic (exact) mass is 423 g/mol. The fourth-order valence-electron chi connectivity index (χ4n) is 5.02. The van der Waals surface area contributed by atoms with E-state index in [0.29, 0.717) is 35.8 Å². The molecule has 0 atom stereocenters. The van der Waals surface area contributed by atoms with E-state index in [1.165, 1.54) is 0 Å². The summed E-state index contributed by atoms with van der Waals surface area (Å²) in [5, 5.41) is 9.02. The van der Waals surface area contributed by atoms with Crippen LogP contribution >= 0.6 is 0 Å². The number of aromatic nitrogens is 3. The summed E-state index contributed by atoms with van der Waals surface area (Å²) in [6, 6.07) is 11.8. The van der Waals surface area contributed by atoms with Crippen molar-refractivity contribution in [2.24, 2.45) is 0 Å². The Kier molecular flexibility index (Phi) is 3.95. The van der Waals surface area contributed by atoms with Crippen LogP contribution in [0.5, 0.6) is 0 Å². The smallest absolute Gasteiger partial charge is 0.173 e. The summed E-state index contributed by atoms with van der Waals surface area (Å²) >= 11 is 0. The number of amidine groups is 1. The Labute approximate surface area is 184 Å². The Bertz CT molecular complexity index is 1500. The van der Waals surface area contributed by atoms with Crippen LogP contribution < -0.4 is 0 Å². The van der Waals surface area contributed by atoms with Gasteiger partial charge in [-0.25, -0.2) is 4.98 Å². The molecule has 0 amide bonds. The van der Waals surface area contributed by atoms with Gasteiger partial charge in [0.15, 0.2) is 11.6 Å². The molecule has 4 heterocycles. The number of benzene rings is 1. The van der Waals surface area contributed by atoms with Gasteiger partial charge in [-0.2, -0.15) is 0 Å². The predicted octanol–water partition coefficient (Wildman–Crippen LogP) is 3.55. The molecule has 32 heavy (non-hydrogen) atoms. The molecule has 7 heteroatoms. The number of fused-ring (bicyclic) bond motifs is 1. The molecule has 4 aromatic rings. The first kappa shape index (κ1) is 18.7. The zero-order valence-corrected chi connectivity index (χ0v) is 17.6. The average molecular weight is 423 g/mol. The van der Waals surface area contributed by atoms with Crippen LogP contribution in [0.4, 0.5) is 0 Å². The fraction of sp³-hybridized carbons (Fsp3) is 0.200. The number of hydrogen-bond acceptors (Lipinski definition) is 4. The number of rotatable bonds is 2. The minimum Gasteiger partial charge on any atom is -0.355 e. The molecule has 158 valence electrons. The van der Waals surface area contributed by atoms with Gasteiger partial charge in [-0.3, -0.25) is 19.4 Å². The number of allylic oxidation sites excluding steroid dienone is 2. The van der Waals surface area contributed by atoms with Gasteiger partial charge in [-0.1, -0.05) is 24.3 Å². The van der Waals surface area contributed by atoms with Gasteiger partial charge in [0, 0.05) is 48.6 Å². The summed E-state index contributed by atoms with van der Waals surface area (Å²) < 4.78 is 4.03. The third kappa shape index (κ3) is 2.60. The van der Waals surface area contributed by atoms with Crippen LogP contribution in [-0.2, 0) is 22.7 Å². The molecule has 0 radical (unpaired) electrons. The van der Waals surface area contributed by atoms with E-state index in [-0.39, 0.29) is 18.0 Å². The maximum atomic E-state index is 13.1. The zero-order valence-electron chi connectivity index (χ0n) is 17.6. The Morgan fingerprint density at radius 3 is 2.72 bits per heavy atom. The second-order valence-electron chi connectivity index (χ2n) is 8.40. The van der Waals surface area contributed by atoms with E-state index in [2.05, 4.69) is 20.5 Å². The van der Waals surface area contributed by atoms with Crippen LogP contribution in [0.15, 0.2) is 55.0 Å². The molecule has 7 nitrogen and oxygen atoms in total. The molecular weight excluding hydrogens is 402 g/mol. The number of nitrogens with one attached hydrogen (secondary N) is 1. The molecule has 0 spiro atoms. The van der Waals surface area contributed by atoms with Gasteiger partial charge >= 0.3 is 0 Å². The van der Waals surface area contributed by atoms with Crippen molar-refractivity contribution in [3.63, 3.8) is 0 Å². The van der Waals surface area contributed by atoms with Crippen LogP contribution in [0.2, 0.25) is 0 Å². The average Bonchev–Trinajstić information content (AvgIpc) is 3.39. The molecule has 0 bridgehead atoms. The van der Waals surface area contributed by atoms with Crippen molar-refractivity contribution < 1.29 is 9.59 Å². The van der Waals surface area contributed by atoms with Gasteiger partial charge in [0.2, 0.25) is 0 Å². The third-order valence-electron chi connectivity index (χ3n) is 6.50. The van der Waals surface area contributed by atoms with Crippen LogP contribution in [0, 0.1) is 5.41 Å². The summed E-state index contributed by atoms with van der Waals surface area (Å²) in [5.41, 5.74) is 5.33. The number of carbonyl (C=O) groups is 2. The molecule has 1 aromatic carbocycles. The van der Waals surface area contributed by atoms with E-state index in [1.807, 2.05) is 54.0 Å². The van der Waals surface area contributed by atoms with Gasteiger partial charge in [0.25, 0.3) is 0 Å². The van der Waals surface area contributed by atoms with Crippen molar-refractivity contribution in [2.45, 2.75) is 26.4 Å². The van der Waals surface area contributed by atoms with Gasteiger partial charge in [-0.15, -0.1) is 0 Å². The maximum absolute atomic E-state index is 13.1. The molecule has 1 aliphatic heterocycles. The van der Waals surface area contributed by atoms with Gasteiger partial charge in [0.1, 0.15) is 5.65 Å². The minimum atomic E-state index is -0.162. The SMILES string of the molecule is CC(=N)N1CCn2cc(C3=C(c4cnc5ccccn45)C(=O)CC3=O)c3cccc(c32)C1. The topological polar surface area (TPSA) is 83.5 Å². The molecule has 2 aliphatic rings. The van der Waals surface area contributed by atoms with Crippen molar-refractivity contribution >= 4 is 45.1 Å². The molecule has 3 aromatic heterocycles. The number of pyridine rings is 1. The second kappa shape index (κ2) is 6.75. The van der Waals surface area contributed by atoms with E-state index in [4.69, 9.17) is 5.41 Å². The van der Waals surface area contributed by atoms with E-state index in [9.17, 15) is 9.59 Å². The van der Waals surface area contributed by atoms with E-state index in [0.717, 1.165) is 34.2 Å². The van der Waals surface area contributed by atoms with Gasteiger partial charge in [-0.05, 0) is 24.6 Å². The predicted molar refractivity (Wildman–Crippen MR) is 122 cm³/mol. The van der Waals surface area contributed by atoms with Gasteiger partial charge in [0.05, 0.1) is 35.2 Å². The summed E-state index contributed by atoms with van der Waals surface area (Å²) in [6.45, 7) is 3.90. The Morgan fingerprint density at radius 1 is 1.03 bits per heavy atom. The molecule has 0 saturated heterocycles. The van der Waals surface area contributed by atoms with Crippen molar-refractivity contribution in [1.29, 1.82) is 5.41 Å². The highest BCUT2D eigenvalue weighted by Crippen LogP contribution is 2.40. The highest BCUT2D eigenvalue weighted by molar-refractivity contribution is 6.51. The molecule has 0 saturated carbocycles. The van der Waals surface area contributed by atoms with Gasteiger partial charge < -0.3 is 9.47 Å². The van der Waals surface area contributed by atoms with Crippen LogP contribution in [0.3, 0.4) is 0 Å². The molecule has 0 unspecified atom stereocenters. The highest BCUT2D eigenvalue weighted by atomic mass is 16.2. The lowest BCUT2D eigenvalue weighted by atomic mass is 9.98. The van der Waals surface area contributed by atoms with Crippen molar-refractivity contribution in [3.05, 3.63) is 71.8 Å². The van der Waals surface area contributed by atoms with E-state index in [1.54, 1.807) is 6.20 Å². The van der Waals surface area contributed by atoms with Crippen LogP contribution in [-0.4, -0.2) is 42.8 Å². The first-order chi connectivity index (χ1) is 15.5. The van der Waals surface area contributed by atoms with Crippen molar-refractivity contribution in [3.8, 4) is 0 Å². The number of hydrogen-bond donors (Lipinski definition) is 1. The molecule has 6 rings (SSSR count). The van der Waals surface area contributed by atoms with Crippen LogP contribution in [0.25, 0.3) is 27.7 Å². The third-order valence-corrected chi connectivity index (χ3v) is 6.50. The molecule has 1 aliphatic carbocycles. The minimum absolute atomic E-state index is 0.113. The molecular formula is C25H21N5O2. The van der Waals surface area contributed by atoms with Crippen molar-refractivity contribution in [1.82, 2.24) is 18.9 Å².